The monoisotopic (exact) mass is 314 g/mol. The molecule has 1 aliphatic heterocycles. The first-order valence-corrected chi connectivity index (χ1v) is 8.38. The largest absolute Gasteiger partial charge is 0.364 e. The molecule has 7 nitrogen and oxygen atoms in total. The Morgan fingerprint density at radius 3 is 2.81 bits per heavy atom. The Kier molecular flexibility index (Phi) is 4.40. The van der Waals surface area contributed by atoms with Gasteiger partial charge in [-0.2, -0.15) is 0 Å². The number of rotatable bonds is 5. The molecule has 21 heavy (non-hydrogen) atoms. The highest BCUT2D eigenvalue weighted by molar-refractivity contribution is 7.89. The molecule has 1 amide bonds. The van der Waals surface area contributed by atoms with Crippen LogP contribution >= 0.6 is 0 Å². The molecular formula is C13H22N4O3S. The fourth-order valence-corrected chi connectivity index (χ4v) is 3.82. The highest BCUT2D eigenvalue weighted by atomic mass is 32.2. The zero-order valence-corrected chi connectivity index (χ0v) is 13.2. The maximum Gasteiger partial charge on any atom is 0.265 e. The molecule has 0 bridgehead atoms. The van der Waals surface area contributed by atoms with Crippen molar-refractivity contribution < 1.29 is 13.2 Å². The van der Waals surface area contributed by atoms with Crippen LogP contribution in [0.25, 0.3) is 0 Å². The summed E-state index contributed by atoms with van der Waals surface area (Å²) in [4.78, 5) is 11.3. The molecule has 118 valence electrons. The van der Waals surface area contributed by atoms with Gasteiger partial charge in [-0.25, -0.2) is 13.1 Å². The Morgan fingerprint density at radius 2 is 2.29 bits per heavy atom. The molecule has 1 aromatic heterocycles. The average molecular weight is 314 g/mol. The number of sulfonamides is 1. The molecule has 1 aromatic rings. The third-order valence-electron chi connectivity index (χ3n) is 3.92. The van der Waals surface area contributed by atoms with Crippen molar-refractivity contribution in [3.8, 4) is 0 Å². The minimum Gasteiger partial charge on any atom is -0.364 e. The van der Waals surface area contributed by atoms with Crippen molar-refractivity contribution in [1.29, 1.82) is 0 Å². The van der Waals surface area contributed by atoms with Crippen molar-refractivity contribution in [2.24, 2.45) is 18.2 Å². The summed E-state index contributed by atoms with van der Waals surface area (Å²) in [5.74, 6) is -0.651. The second-order valence-electron chi connectivity index (χ2n) is 5.95. The van der Waals surface area contributed by atoms with Crippen LogP contribution in [-0.4, -0.2) is 38.5 Å². The zero-order chi connectivity index (χ0) is 15.7. The molecule has 0 saturated carbocycles. The molecule has 0 aliphatic carbocycles. The van der Waals surface area contributed by atoms with E-state index in [1.165, 1.54) is 16.8 Å². The van der Waals surface area contributed by atoms with E-state index in [0.29, 0.717) is 6.54 Å². The van der Waals surface area contributed by atoms with E-state index >= 15 is 0 Å². The number of nitrogens with two attached hydrogens (primary N) is 1. The van der Waals surface area contributed by atoms with Gasteiger partial charge in [0.15, 0.2) is 0 Å². The SMILES string of the molecule is Cn1cc(S(=O)(=O)NCC2(C)CCCNC2)cc1C(N)=O. The molecule has 1 atom stereocenters. The molecule has 1 aliphatic rings. The minimum atomic E-state index is -3.64. The number of amides is 1. The summed E-state index contributed by atoms with van der Waals surface area (Å²) in [5.41, 5.74) is 5.28. The van der Waals surface area contributed by atoms with Gasteiger partial charge in [0.1, 0.15) is 10.6 Å². The van der Waals surface area contributed by atoms with Crippen LogP contribution in [-0.2, 0) is 17.1 Å². The predicted octanol–water partition coefficient (Wildman–Crippen LogP) is -0.208. The van der Waals surface area contributed by atoms with E-state index in [1.807, 2.05) is 0 Å². The summed E-state index contributed by atoms with van der Waals surface area (Å²) in [6, 6.07) is 1.30. The van der Waals surface area contributed by atoms with Crippen molar-refractivity contribution in [3.05, 3.63) is 18.0 Å². The number of hydrogen-bond donors (Lipinski definition) is 3. The number of nitrogens with zero attached hydrogens (tertiary/aromatic N) is 1. The first-order valence-electron chi connectivity index (χ1n) is 6.90. The summed E-state index contributed by atoms with van der Waals surface area (Å²) in [5, 5.41) is 3.28. The van der Waals surface area contributed by atoms with Crippen LogP contribution in [0.4, 0.5) is 0 Å². The number of hydrogen-bond acceptors (Lipinski definition) is 4. The van der Waals surface area contributed by atoms with Crippen LogP contribution in [0, 0.1) is 5.41 Å². The molecule has 8 heteroatoms. The summed E-state index contributed by atoms with van der Waals surface area (Å²) in [7, 11) is -2.05. The first kappa shape index (κ1) is 16.0. The van der Waals surface area contributed by atoms with E-state index in [2.05, 4.69) is 17.0 Å². The van der Waals surface area contributed by atoms with Crippen molar-refractivity contribution in [2.75, 3.05) is 19.6 Å². The van der Waals surface area contributed by atoms with Crippen molar-refractivity contribution in [2.45, 2.75) is 24.7 Å². The fraction of sp³-hybridized carbons (Fsp3) is 0.615. The number of primary amides is 1. The standard InChI is InChI=1S/C13H22N4O3S/c1-13(4-3-5-15-8-13)9-16-21(19,20)10-6-11(12(14)18)17(2)7-10/h6-7,15-16H,3-5,8-9H2,1-2H3,(H2,14,18). The van der Waals surface area contributed by atoms with Gasteiger partial charge in [0.25, 0.3) is 5.91 Å². The Morgan fingerprint density at radius 1 is 1.57 bits per heavy atom. The number of aromatic nitrogens is 1. The number of nitrogens with one attached hydrogen (secondary N) is 2. The second-order valence-corrected chi connectivity index (χ2v) is 7.72. The average Bonchev–Trinajstić information content (AvgIpc) is 2.81. The second kappa shape index (κ2) is 5.78. The lowest BCUT2D eigenvalue weighted by Crippen LogP contribution is -2.45. The van der Waals surface area contributed by atoms with E-state index < -0.39 is 15.9 Å². The molecule has 0 radical (unpaired) electrons. The number of piperidine rings is 1. The normalized spacial score (nSPS) is 23.1. The van der Waals surface area contributed by atoms with E-state index in [4.69, 9.17) is 5.73 Å². The predicted molar refractivity (Wildman–Crippen MR) is 79.3 cm³/mol. The lowest BCUT2D eigenvalue weighted by atomic mass is 9.83. The quantitative estimate of drug-likeness (QED) is 0.699. The highest BCUT2D eigenvalue weighted by Crippen LogP contribution is 2.25. The zero-order valence-electron chi connectivity index (χ0n) is 12.3. The number of aryl methyl sites for hydroxylation is 1. The molecule has 2 heterocycles. The van der Waals surface area contributed by atoms with E-state index in [1.54, 1.807) is 7.05 Å². The van der Waals surface area contributed by atoms with Crippen LogP contribution in [0.1, 0.15) is 30.3 Å². The van der Waals surface area contributed by atoms with Gasteiger partial charge in [0, 0.05) is 26.3 Å². The third-order valence-corrected chi connectivity index (χ3v) is 5.29. The van der Waals surface area contributed by atoms with Gasteiger partial charge in [-0.15, -0.1) is 0 Å². The van der Waals surface area contributed by atoms with Crippen LogP contribution in [0.2, 0.25) is 0 Å². The van der Waals surface area contributed by atoms with Crippen molar-refractivity contribution in [3.63, 3.8) is 0 Å². The van der Waals surface area contributed by atoms with Gasteiger partial charge in [-0.1, -0.05) is 6.92 Å². The van der Waals surface area contributed by atoms with Crippen molar-refractivity contribution in [1.82, 2.24) is 14.6 Å². The van der Waals surface area contributed by atoms with Gasteiger partial charge < -0.3 is 15.6 Å². The summed E-state index contributed by atoms with van der Waals surface area (Å²) >= 11 is 0. The summed E-state index contributed by atoms with van der Waals surface area (Å²) in [6.45, 7) is 4.19. The van der Waals surface area contributed by atoms with Crippen LogP contribution < -0.4 is 15.8 Å². The smallest absolute Gasteiger partial charge is 0.265 e. The highest BCUT2D eigenvalue weighted by Gasteiger charge is 2.29. The Labute approximate surface area is 124 Å². The lowest BCUT2D eigenvalue weighted by Gasteiger charge is -2.34. The van der Waals surface area contributed by atoms with Gasteiger partial charge in [-0.05, 0) is 30.9 Å². The summed E-state index contributed by atoms with van der Waals surface area (Å²) < 4.78 is 28.7. The first-order chi connectivity index (χ1) is 9.73. The molecule has 1 fully saturated rings. The van der Waals surface area contributed by atoms with E-state index in [-0.39, 0.29) is 16.0 Å². The van der Waals surface area contributed by atoms with Crippen molar-refractivity contribution >= 4 is 15.9 Å². The van der Waals surface area contributed by atoms with Gasteiger partial charge >= 0.3 is 0 Å². The Hall–Kier alpha value is -1.38. The van der Waals surface area contributed by atoms with Gasteiger partial charge in [0.05, 0.1) is 0 Å². The molecule has 0 aromatic carbocycles. The van der Waals surface area contributed by atoms with Crippen LogP contribution in [0.3, 0.4) is 0 Å². The molecule has 1 saturated heterocycles. The van der Waals surface area contributed by atoms with Gasteiger partial charge in [-0.3, -0.25) is 4.79 Å². The lowest BCUT2D eigenvalue weighted by molar-refractivity contribution is 0.0992. The van der Waals surface area contributed by atoms with Crippen LogP contribution in [0.5, 0.6) is 0 Å². The van der Waals surface area contributed by atoms with Gasteiger partial charge in [0.2, 0.25) is 10.0 Å². The third kappa shape index (κ3) is 3.63. The number of carbonyl (C=O) groups is 1. The van der Waals surface area contributed by atoms with E-state index in [0.717, 1.165) is 25.9 Å². The summed E-state index contributed by atoms with van der Waals surface area (Å²) in [6.07, 6.45) is 3.41. The molecule has 1 unspecified atom stereocenters. The maximum atomic E-state index is 12.3. The maximum absolute atomic E-state index is 12.3. The van der Waals surface area contributed by atoms with E-state index in [9.17, 15) is 13.2 Å². The molecule has 2 rings (SSSR count). The molecule has 0 spiro atoms. The number of carbonyl (C=O) groups excluding carboxylic acids is 1. The minimum absolute atomic E-state index is 0.0613. The Balaban J connectivity index is 2.11. The topological polar surface area (TPSA) is 106 Å². The fourth-order valence-electron chi connectivity index (χ4n) is 2.55. The van der Waals surface area contributed by atoms with Crippen LogP contribution in [0.15, 0.2) is 17.2 Å². The Bertz CT molecular complexity index is 630. The molecule has 4 N–H and O–H groups in total. The molecular weight excluding hydrogens is 292 g/mol.